The molecule has 0 aliphatic heterocycles. The van der Waals surface area contributed by atoms with Gasteiger partial charge in [-0.05, 0) is 29.8 Å². The lowest BCUT2D eigenvalue weighted by molar-refractivity contribution is -0.137. The number of alkyl halides is 5. The van der Waals surface area contributed by atoms with Gasteiger partial charge in [0.15, 0.2) is 0 Å². The quantitative estimate of drug-likeness (QED) is 0.634. The van der Waals surface area contributed by atoms with Crippen molar-refractivity contribution in [2.75, 3.05) is 0 Å². The maximum Gasteiger partial charge on any atom is 0.416 e. The summed E-state index contributed by atoms with van der Waals surface area (Å²) >= 11 is 5.74. The van der Waals surface area contributed by atoms with Crippen LogP contribution in [0.3, 0.4) is 0 Å². The van der Waals surface area contributed by atoms with Crippen molar-refractivity contribution in [1.29, 1.82) is 0 Å². The van der Waals surface area contributed by atoms with Crippen LogP contribution in [-0.2, 0) is 12.8 Å². The van der Waals surface area contributed by atoms with Gasteiger partial charge in [-0.1, -0.05) is 29.8 Å². The average Bonchev–Trinajstić information content (AvgIpc) is 2.45. The zero-order chi connectivity index (χ0) is 16.3. The van der Waals surface area contributed by atoms with Gasteiger partial charge in [-0.2, -0.15) is 13.2 Å². The summed E-state index contributed by atoms with van der Waals surface area (Å²) in [5.74, 6) is 0.0529. The van der Waals surface area contributed by atoms with Crippen LogP contribution in [-0.4, -0.2) is 0 Å². The Morgan fingerprint density at radius 1 is 1.05 bits per heavy atom. The van der Waals surface area contributed by atoms with Crippen LogP contribution in [0.4, 0.5) is 22.0 Å². The summed E-state index contributed by atoms with van der Waals surface area (Å²) in [6.07, 6.45) is -7.09. The van der Waals surface area contributed by atoms with Gasteiger partial charge in [0.1, 0.15) is 12.4 Å². The Balaban J connectivity index is 2.10. The Labute approximate surface area is 128 Å². The van der Waals surface area contributed by atoms with Gasteiger partial charge in [0.2, 0.25) is 0 Å². The first-order chi connectivity index (χ1) is 10.3. The van der Waals surface area contributed by atoms with Gasteiger partial charge in [0, 0.05) is 5.56 Å². The third-order valence-electron chi connectivity index (χ3n) is 2.86. The molecule has 0 heterocycles. The van der Waals surface area contributed by atoms with E-state index in [1.165, 1.54) is 18.2 Å². The zero-order valence-electron chi connectivity index (χ0n) is 11.0. The molecule has 0 unspecified atom stereocenters. The fraction of sp³-hybridized carbons (Fsp3) is 0.200. The standard InChI is InChI=1S/C15H10ClF5O/c16-12-7-11(15(19,20)21)4-5-13(12)22-8-9-2-1-3-10(6-9)14(17)18/h1-7,14H,8H2. The van der Waals surface area contributed by atoms with Gasteiger partial charge in [-0.15, -0.1) is 0 Å². The normalized spacial score (nSPS) is 11.8. The minimum Gasteiger partial charge on any atom is -0.487 e. The lowest BCUT2D eigenvalue weighted by atomic mass is 10.1. The van der Waals surface area contributed by atoms with E-state index in [2.05, 4.69) is 0 Å². The van der Waals surface area contributed by atoms with E-state index in [4.69, 9.17) is 16.3 Å². The Bertz CT molecular complexity index is 655. The molecule has 0 spiro atoms. The topological polar surface area (TPSA) is 9.23 Å². The van der Waals surface area contributed by atoms with Crippen molar-refractivity contribution in [1.82, 2.24) is 0 Å². The third-order valence-corrected chi connectivity index (χ3v) is 3.15. The molecule has 118 valence electrons. The molecule has 1 nitrogen and oxygen atoms in total. The van der Waals surface area contributed by atoms with Crippen LogP contribution in [0.1, 0.15) is 23.1 Å². The van der Waals surface area contributed by atoms with E-state index < -0.39 is 18.2 Å². The molecule has 0 N–H and O–H groups in total. The maximum absolute atomic E-state index is 12.6. The Kier molecular flexibility index (Phi) is 4.90. The molecule has 2 aromatic carbocycles. The molecule has 0 fully saturated rings. The second kappa shape index (κ2) is 6.52. The van der Waals surface area contributed by atoms with E-state index in [9.17, 15) is 22.0 Å². The lowest BCUT2D eigenvalue weighted by Gasteiger charge is -2.12. The van der Waals surface area contributed by atoms with Gasteiger partial charge in [-0.3, -0.25) is 0 Å². The summed E-state index contributed by atoms with van der Waals surface area (Å²) in [5.41, 5.74) is -0.571. The number of halogens is 6. The summed E-state index contributed by atoms with van der Waals surface area (Å²) in [6, 6.07) is 8.27. The largest absolute Gasteiger partial charge is 0.487 e. The second-order valence-corrected chi connectivity index (χ2v) is 4.88. The highest BCUT2D eigenvalue weighted by molar-refractivity contribution is 6.32. The molecule has 2 rings (SSSR count). The molecule has 0 bridgehead atoms. The van der Waals surface area contributed by atoms with Crippen molar-refractivity contribution in [2.45, 2.75) is 19.2 Å². The average molecular weight is 337 g/mol. The van der Waals surface area contributed by atoms with Gasteiger partial charge in [0.25, 0.3) is 6.43 Å². The molecule has 0 saturated carbocycles. The minimum absolute atomic E-state index is 0.0529. The molecule has 7 heteroatoms. The van der Waals surface area contributed by atoms with E-state index in [1.807, 2.05) is 0 Å². The van der Waals surface area contributed by atoms with E-state index in [-0.39, 0.29) is 22.9 Å². The molecule has 2 aromatic rings. The first-order valence-corrected chi connectivity index (χ1v) is 6.51. The van der Waals surface area contributed by atoms with Crippen molar-refractivity contribution in [3.8, 4) is 5.75 Å². The fourth-order valence-electron chi connectivity index (χ4n) is 1.77. The Hall–Kier alpha value is -1.82. The third kappa shape index (κ3) is 4.10. The number of ether oxygens (including phenoxy) is 1. The molecular weight excluding hydrogens is 327 g/mol. The zero-order valence-corrected chi connectivity index (χ0v) is 11.8. The molecule has 0 atom stereocenters. The van der Waals surface area contributed by atoms with Crippen LogP contribution >= 0.6 is 11.6 Å². The van der Waals surface area contributed by atoms with Crippen molar-refractivity contribution in [3.63, 3.8) is 0 Å². The molecule has 22 heavy (non-hydrogen) atoms. The predicted octanol–water partition coefficient (Wildman–Crippen LogP) is 5.88. The summed E-state index contributed by atoms with van der Waals surface area (Å²) in [4.78, 5) is 0. The van der Waals surface area contributed by atoms with Crippen molar-refractivity contribution in [3.05, 3.63) is 64.2 Å². The molecule has 0 aliphatic rings. The smallest absolute Gasteiger partial charge is 0.416 e. The summed E-state index contributed by atoms with van der Waals surface area (Å²) in [7, 11) is 0. The van der Waals surface area contributed by atoms with Crippen LogP contribution in [0, 0.1) is 0 Å². The molecule has 0 aliphatic carbocycles. The highest BCUT2D eigenvalue weighted by atomic mass is 35.5. The van der Waals surface area contributed by atoms with Gasteiger partial charge in [0.05, 0.1) is 10.6 Å². The van der Waals surface area contributed by atoms with Crippen molar-refractivity contribution in [2.24, 2.45) is 0 Å². The molecule has 0 saturated heterocycles. The van der Waals surface area contributed by atoms with Crippen molar-refractivity contribution >= 4 is 11.6 Å². The lowest BCUT2D eigenvalue weighted by Crippen LogP contribution is -2.05. The van der Waals surface area contributed by atoms with Crippen LogP contribution in [0.25, 0.3) is 0 Å². The Morgan fingerprint density at radius 2 is 1.77 bits per heavy atom. The molecular formula is C15H10ClF5O. The van der Waals surface area contributed by atoms with E-state index >= 15 is 0 Å². The first-order valence-electron chi connectivity index (χ1n) is 6.14. The second-order valence-electron chi connectivity index (χ2n) is 4.48. The molecule has 0 radical (unpaired) electrons. The highest BCUT2D eigenvalue weighted by Crippen LogP contribution is 2.35. The summed E-state index contributed by atoms with van der Waals surface area (Å²) in [5, 5.41) is -0.195. The van der Waals surface area contributed by atoms with E-state index in [0.717, 1.165) is 18.2 Å². The number of benzene rings is 2. The molecule has 0 aromatic heterocycles. The van der Waals surface area contributed by atoms with Gasteiger partial charge in [-0.25, -0.2) is 8.78 Å². The van der Waals surface area contributed by atoms with Gasteiger partial charge >= 0.3 is 6.18 Å². The number of hydrogen-bond donors (Lipinski definition) is 0. The van der Waals surface area contributed by atoms with E-state index in [1.54, 1.807) is 6.07 Å². The maximum atomic E-state index is 12.6. The Morgan fingerprint density at radius 3 is 2.36 bits per heavy atom. The number of rotatable bonds is 4. The summed E-state index contributed by atoms with van der Waals surface area (Å²) in [6.45, 7) is -0.0777. The van der Waals surface area contributed by atoms with Gasteiger partial charge < -0.3 is 4.74 Å². The van der Waals surface area contributed by atoms with Crippen LogP contribution < -0.4 is 4.74 Å². The minimum atomic E-state index is -4.49. The SMILES string of the molecule is FC(F)c1cccc(COc2ccc(C(F)(F)F)cc2Cl)c1. The summed E-state index contributed by atoms with van der Waals surface area (Å²) < 4.78 is 67.9. The van der Waals surface area contributed by atoms with Crippen molar-refractivity contribution < 1.29 is 26.7 Å². The monoisotopic (exact) mass is 336 g/mol. The predicted molar refractivity (Wildman–Crippen MR) is 72.2 cm³/mol. The van der Waals surface area contributed by atoms with Crippen LogP contribution in [0.5, 0.6) is 5.75 Å². The van der Waals surface area contributed by atoms with Crippen LogP contribution in [0.2, 0.25) is 5.02 Å². The highest BCUT2D eigenvalue weighted by Gasteiger charge is 2.31. The van der Waals surface area contributed by atoms with Crippen LogP contribution in [0.15, 0.2) is 42.5 Å². The fourth-order valence-corrected chi connectivity index (χ4v) is 2.01. The first kappa shape index (κ1) is 16.5. The number of hydrogen-bond acceptors (Lipinski definition) is 1. The van der Waals surface area contributed by atoms with E-state index in [0.29, 0.717) is 5.56 Å². The molecule has 0 amide bonds.